The number of carbonyl (C=O) groups is 1. The number of pyridine rings is 1. The van der Waals surface area contributed by atoms with Gasteiger partial charge in [-0.15, -0.1) is 0 Å². The van der Waals surface area contributed by atoms with Crippen molar-refractivity contribution in [2.45, 2.75) is 19.0 Å². The molecule has 0 aliphatic carbocycles. The molecule has 2 aromatic carbocycles. The summed E-state index contributed by atoms with van der Waals surface area (Å²) in [6, 6.07) is 25.4. The van der Waals surface area contributed by atoms with E-state index in [0.717, 1.165) is 28.5 Å². The van der Waals surface area contributed by atoms with Crippen LogP contribution in [0.2, 0.25) is 5.02 Å². The number of anilines is 2. The second-order valence-electron chi connectivity index (χ2n) is 8.71. The second kappa shape index (κ2) is 10.7. The highest BCUT2D eigenvalue weighted by atomic mass is 35.5. The third kappa shape index (κ3) is 4.96. The summed E-state index contributed by atoms with van der Waals surface area (Å²) in [4.78, 5) is 18.7. The van der Waals surface area contributed by atoms with Crippen LogP contribution in [0.4, 0.5) is 11.4 Å². The van der Waals surface area contributed by atoms with Crippen molar-refractivity contribution < 1.29 is 9.53 Å². The number of hydrogen-bond donors (Lipinski definition) is 2. The molecule has 4 aromatic rings. The molecule has 0 spiro atoms. The normalized spacial score (nSPS) is 17.1. The Bertz CT molecular complexity index is 1430. The standard InChI is InChI=1S/C28H26ClN5O2S/c1-18-11-14-24(33(18)19-8-4-3-5-9-19)27-26(23-10-6-7-15-30-23)32-28(37)34(27)20-12-13-22(21(29)16-20)31-25(35)17-36-2/h3-16,26-27H,17H2,1-2H3,(H,31,35)(H,32,37). The van der Waals surface area contributed by atoms with E-state index >= 15 is 0 Å². The summed E-state index contributed by atoms with van der Waals surface area (Å²) in [7, 11) is 1.47. The zero-order valence-electron chi connectivity index (χ0n) is 20.4. The smallest absolute Gasteiger partial charge is 0.250 e. The number of hydrogen-bond acceptors (Lipinski definition) is 4. The van der Waals surface area contributed by atoms with Crippen molar-refractivity contribution in [2.75, 3.05) is 23.9 Å². The van der Waals surface area contributed by atoms with Crippen molar-refractivity contribution in [3.63, 3.8) is 0 Å². The molecule has 1 aliphatic rings. The summed E-state index contributed by atoms with van der Waals surface area (Å²) in [5.74, 6) is -0.278. The van der Waals surface area contributed by atoms with Crippen molar-refractivity contribution in [1.29, 1.82) is 0 Å². The monoisotopic (exact) mass is 531 g/mol. The van der Waals surface area contributed by atoms with Gasteiger partial charge in [-0.05, 0) is 73.7 Å². The maximum Gasteiger partial charge on any atom is 0.250 e. The van der Waals surface area contributed by atoms with Crippen LogP contribution in [0.15, 0.2) is 85.1 Å². The van der Waals surface area contributed by atoms with E-state index < -0.39 is 0 Å². The van der Waals surface area contributed by atoms with Gasteiger partial charge in [-0.1, -0.05) is 35.9 Å². The Labute approximate surface area is 226 Å². The number of benzene rings is 2. The first-order chi connectivity index (χ1) is 18.0. The maximum absolute atomic E-state index is 12.0. The number of nitrogens with zero attached hydrogens (tertiary/aromatic N) is 3. The number of halogens is 1. The maximum atomic E-state index is 12.0. The third-order valence-corrected chi connectivity index (χ3v) is 6.93. The number of rotatable bonds is 7. The molecule has 3 heterocycles. The highest BCUT2D eigenvalue weighted by molar-refractivity contribution is 7.80. The van der Waals surface area contributed by atoms with Crippen LogP contribution in [-0.2, 0) is 9.53 Å². The van der Waals surface area contributed by atoms with Crippen molar-refractivity contribution in [1.82, 2.24) is 14.9 Å². The molecule has 1 amide bonds. The largest absolute Gasteiger partial charge is 0.375 e. The summed E-state index contributed by atoms with van der Waals surface area (Å²) in [6.07, 6.45) is 1.79. The van der Waals surface area contributed by atoms with Gasteiger partial charge in [0.15, 0.2) is 5.11 Å². The first-order valence-electron chi connectivity index (χ1n) is 11.8. The van der Waals surface area contributed by atoms with Crippen molar-refractivity contribution in [3.8, 4) is 5.69 Å². The number of thiocarbonyl (C=S) groups is 1. The van der Waals surface area contributed by atoms with E-state index in [1.807, 2.05) is 48.5 Å². The molecule has 7 nitrogen and oxygen atoms in total. The molecular weight excluding hydrogens is 506 g/mol. The topological polar surface area (TPSA) is 71.4 Å². The summed E-state index contributed by atoms with van der Waals surface area (Å²) < 4.78 is 7.14. The molecule has 0 saturated carbocycles. The van der Waals surface area contributed by atoms with E-state index in [4.69, 9.17) is 28.6 Å². The lowest BCUT2D eigenvalue weighted by molar-refractivity contribution is -0.119. The Balaban J connectivity index is 1.61. The lowest BCUT2D eigenvalue weighted by atomic mass is 10.0. The fraction of sp³-hybridized carbons (Fsp3) is 0.179. The molecule has 0 radical (unpaired) electrons. The summed E-state index contributed by atoms with van der Waals surface area (Å²) in [6.45, 7) is 2.04. The SMILES string of the molecule is COCC(=O)Nc1ccc(N2C(=S)NC(c3ccccn3)C2c2ccc(C)n2-c2ccccc2)cc1Cl. The number of aromatic nitrogens is 2. The molecule has 2 N–H and O–H groups in total. The summed E-state index contributed by atoms with van der Waals surface area (Å²) in [5.41, 5.74) is 5.41. The first kappa shape index (κ1) is 25.0. The molecule has 2 atom stereocenters. The zero-order chi connectivity index (χ0) is 25.9. The number of nitrogens with one attached hydrogen (secondary N) is 2. The van der Waals surface area contributed by atoms with E-state index in [9.17, 15) is 4.79 Å². The molecule has 2 unspecified atom stereocenters. The minimum atomic E-state index is -0.278. The first-order valence-corrected chi connectivity index (χ1v) is 12.6. The minimum Gasteiger partial charge on any atom is -0.375 e. The lowest BCUT2D eigenvalue weighted by Crippen LogP contribution is -2.30. The Kier molecular flexibility index (Phi) is 7.23. The van der Waals surface area contributed by atoms with Gasteiger partial charge >= 0.3 is 0 Å². The van der Waals surface area contributed by atoms with E-state index in [-0.39, 0.29) is 24.6 Å². The van der Waals surface area contributed by atoms with Gasteiger partial charge in [0, 0.05) is 36.1 Å². The van der Waals surface area contributed by atoms with E-state index in [1.54, 1.807) is 12.3 Å². The molecule has 1 saturated heterocycles. The average molecular weight is 532 g/mol. The predicted octanol–water partition coefficient (Wildman–Crippen LogP) is 5.60. The van der Waals surface area contributed by atoms with Crippen LogP contribution in [0.5, 0.6) is 0 Å². The minimum absolute atomic E-state index is 0.0537. The molecule has 5 rings (SSSR count). The van der Waals surface area contributed by atoms with Gasteiger partial charge in [-0.25, -0.2) is 0 Å². The van der Waals surface area contributed by atoms with Crippen LogP contribution >= 0.6 is 23.8 Å². The van der Waals surface area contributed by atoms with Gasteiger partial charge in [0.1, 0.15) is 12.6 Å². The Morgan fingerprint density at radius 2 is 1.86 bits per heavy atom. The number of carbonyl (C=O) groups excluding carboxylic acids is 1. The van der Waals surface area contributed by atoms with Crippen LogP contribution < -0.4 is 15.5 Å². The van der Waals surface area contributed by atoms with Gasteiger partial charge in [-0.3, -0.25) is 9.78 Å². The highest BCUT2D eigenvalue weighted by Gasteiger charge is 2.42. The van der Waals surface area contributed by atoms with Gasteiger partial charge in [0.25, 0.3) is 0 Å². The van der Waals surface area contributed by atoms with Gasteiger partial charge in [0.05, 0.1) is 22.4 Å². The Hall–Kier alpha value is -3.72. The quantitative estimate of drug-likeness (QED) is 0.303. The van der Waals surface area contributed by atoms with Gasteiger partial charge < -0.3 is 24.8 Å². The molecule has 1 fully saturated rings. The summed E-state index contributed by atoms with van der Waals surface area (Å²) in [5, 5.41) is 7.23. The highest BCUT2D eigenvalue weighted by Crippen LogP contribution is 2.43. The van der Waals surface area contributed by atoms with Crippen LogP contribution in [0.1, 0.15) is 29.2 Å². The van der Waals surface area contributed by atoms with E-state index in [0.29, 0.717) is 15.8 Å². The fourth-order valence-electron chi connectivity index (χ4n) is 4.73. The van der Waals surface area contributed by atoms with E-state index in [1.165, 1.54) is 7.11 Å². The Morgan fingerprint density at radius 3 is 2.57 bits per heavy atom. The lowest BCUT2D eigenvalue weighted by Gasteiger charge is -2.29. The number of aryl methyl sites for hydroxylation is 1. The van der Waals surface area contributed by atoms with Crippen LogP contribution in [0.3, 0.4) is 0 Å². The fourth-order valence-corrected chi connectivity index (χ4v) is 5.29. The van der Waals surface area contributed by atoms with E-state index in [2.05, 4.69) is 56.3 Å². The molecule has 188 valence electrons. The van der Waals surface area contributed by atoms with Crippen LogP contribution in [0.25, 0.3) is 5.69 Å². The molecular formula is C28H26ClN5O2S. The molecule has 2 aromatic heterocycles. The second-order valence-corrected chi connectivity index (χ2v) is 9.51. The van der Waals surface area contributed by atoms with Crippen LogP contribution in [-0.4, -0.2) is 34.3 Å². The molecule has 1 aliphatic heterocycles. The summed E-state index contributed by atoms with van der Waals surface area (Å²) >= 11 is 12.5. The molecule has 37 heavy (non-hydrogen) atoms. The van der Waals surface area contributed by atoms with Crippen molar-refractivity contribution >= 4 is 46.2 Å². The number of ether oxygens (including phenoxy) is 1. The average Bonchev–Trinajstić information content (AvgIpc) is 3.45. The van der Waals surface area contributed by atoms with Crippen molar-refractivity contribution in [2.24, 2.45) is 0 Å². The number of methoxy groups -OCH3 is 1. The number of amides is 1. The molecule has 0 bridgehead atoms. The van der Waals surface area contributed by atoms with Gasteiger partial charge in [0.2, 0.25) is 5.91 Å². The third-order valence-electron chi connectivity index (χ3n) is 6.30. The number of para-hydroxylation sites is 1. The van der Waals surface area contributed by atoms with Crippen LogP contribution in [0, 0.1) is 6.92 Å². The molecule has 9 heteroatoms. The van der Waals surface area contributed by atoms with Crippen molar-refractivity contribution in [3.05, 3.63) is 107 Å². The predicted molar refractivity (Wildman–Crippen MR) is 150 cm³/mol. The zero-order valence-corrected chi connectivity index (χ0v) is 22.0. The van der Waals surface area contributed by atoms with Gasteiger partial charge in [-0.2, -0.15) is 0 Å². The Morgan fingerprint density at radius 1 is 1.08 bits per heavy atom.